The molecule has 2 aromatic rings. The molecule has 31 heavy (non-hydrogen) atoms. The number of likely N-dealkylation sites (tertiary alicyclic amines) is 1. The van der Waals surface area contributed by atoms with E-state index in [1.54, 1.807) is 19.1 Å². The van der Waals surface area contributed by atoms with Crippen molar-refractivity contribution < 1.29 is 19.1 Å². The molecule has 1 saturated carbocycles. The minimum atomic E-state index is -0.339. The lowest BCUT2D eigenvalue weighted by molar-refractivity contribution is -0.125. The van der Waals surface area contributed by atoms with Crippen LogP contribution in [-0.4, -0.2) is 50.6 Å². The Balaban J connectivity index is 1.62. The Hall–Kier alpha value is -3.02. The highest BCUT2D eigenvalue weighted by Gasteiger charge is 2.42. The van der Waals surface area contributed by atoms with Gasteiger partial charge in [-0.2, -0.15) is 0 Å². The highest BCUT2D eigenvalue weighted by atomic mass is 16.5. The minimum Gasteiger partial charge on any atom is -0.493 e. The first-order chi connectivity index (χ1) is 15.0. The average molecular weight is 423 g/mol. The summed E-state index contributed by atoms with van der Waals surface area (Å²) in [5, 5.41) is 3.11. The third-order valence-electron chi connectivity index (χ3n) is 6.34. The molecule has 2 unspecified atom stereocenters. The number of nitrogens with zero attached hydrogens (tertiary/aromatic N) is 1. The van der Waals surface area contributed by atoms with Crippen LogP contribution in [-0.2, 0) is 4.79 Å². The molecule has 6 nitrogen and oxygen atoms in total. The standard InChI is InChI=1S/C25H30N2O4/c1-16-7-11-18(12-8-16)25(29)27-14-20(19-5-4-6-22(30-2)23(19)31-3)21(15-27)24(28)26-13-17-9-10-17/h4-8,11-12,17,20-21H,9-10,13-15H2,1-3H3,(H,26,28). The maximum atomic E-state index is 13.2. The van der Waals surface area contributed by atoms with E-state index in [1.807, 2.05) is 49.4 Å². The van der Waals surface area contributed by atoms with Gasteiger partial charge in [0, 0.05) is 36.7 Å². The third-order valence-corrected chi connectivity index (χ3v) is 6.34. The molecule has 2 amide bonds. The first kappa shape index (κ1) is 21.2. The molecular weight excluding hydrogens is 392 g/mol. The number of carbonyl (C=O) groups is 2. The highest BCUT2D eigenvalue weighted by Crippen LogP contribution is 2.42. The zero-order chi connectivity index (χ0) is 22.0. The van der Waals surface area contributed by atoms with Gasteiger partial charge >= 0.3 is 0 Å². The Kier molecular flexibility index (Phi) is 6.16. The lowest BCUT2D eigenvalue weighted by Gasteiger charge is -2.21. The molecular formula is C25H30N2O4. The fraction of sp³-hybridized carbons (Fsp3) is 0.440. The second-order valence-corrected chi connectivity index (χ2v) is 8.56. The predicted octanol–water partition coefficient (Wildman–Crippen LogP) is 3.39. The number of rotatable bonds is 7. The molecule has 0 spiro atoms. The second-order valence-electron chi connectivity index (χ2n) is 8.56. The monoisotopic (exact) mass is 422 g/mol. The molecule has 0 radical (unpaired) electrons. The SMILES string of the molecule is COc1cccc(C2CN(C(=O)c3ccc(C)cc3)CC2C(=O)NCC2CC2)c1OC. The highest BCUT2D eigenvalue weighted by molar-refractivity contribution is 5.95. The zero-order valence-electron chi connectivity index (χ0n) is 18.4. The molecule has 1 aliphatic carbocycles. The summed E-state index contributed by atoms with van der Waals surface area (Å²) in [6.45, 7) is 3.55. The maximum Gasteiger partial charge on any atom is 0.253 e. The first-order valence-electron chi connectivity index (χ1n) is 10.9. The Morgan fingerprint density at radius 1 is 1.03 bits per heavy atom. The van der Waals surface area contributed by atoms with Crippen LogP contribution in [0.1, 0.15) is 40.2 Å². The van der Waals surface area contributed by atoms with E-state index >= 15 is 0 Å². The molecule has 2 atom stereocenters. The lowest BCUT2D eigenvalue weighted by Crippen LogP contribution is -2.36. The normalized spacial score (nSPS) is 20.4. The van der Waals surface area contributed by atoms with Gasteiger partial charge in [0.05, 0.1) is 20.1 Å². The van der Waals surface area contributed by atoms with Gasteiger partial charge < -0.3 is 19.7 Å². The van der Waals surface area contributed by atoms with E-state index in [0.717, 1.165) is 11.1 Å². The molecule has 2 aromatic carbocycles. The molecule has 2 aliphatic rings. The molecule has 1 saturated heterocycles. The number of benzene rings is 2. The van der Waals surface area contributed by atoms with Gasteiger partial charge in [-0.1, -0.05) is 29.8 Å². The van der Waals surface area contributed by atoms with E-state index < -0.39 is 0 Å². The lowest BCUT2D eigenvalue weighted by atomic mass is 9.87. The summed E-state index contributed by atoms with van der Waals surface area (Å²) in [4.78, 5) is 28.1. The van der Waals surface area contributed by atoms with Crippen LogP contribution < -0.4 is 14.8 Å². The first-order valence-corrected chi connectivity index (χ1v) is 10.9. The Morgan fingerprint density at radius 2 is 1.77 bits per heavy atom. The predicted molar refractivity (Wildman–Crippen MR) is 119 cm³/mol. The van der Waals surface area contributed by atoms with Gasteiger partial charge in [0.15, 0.2) is 11.5 Å². The second kappa shape index (κ2) is 9.00. The van der Waals surface area contributed by atoms with Gasteiger partial charge in [0.1, 0.15) is 0 Å². The molecule has 0 bridgehead atoms. The summed E-state index contributed by atoms with van der Waals surface area (Å²) in [5.74, 6) is 1.29. The fourth-order valence-electron chi connectivity index (χ4n) is 4.33. The molecule has 6 heteroatoms. The van der Waals surface area contributed by atoms with Crippen molar-refractivity contribution in [1.82, 2.24) is 10.2 Å². The number of aryl methyl sites for hydroxylation is 1. The summed E-state index contributed by atoms with van der Waals surface area (Å²) < 4.78 is 11.1. The van der Waals surface area contributed by atoms with Crippen LogP contribution in [0.15, 0.2) is 42.5 Å². The van der Waals surface area contributed by atoms with E-state index in [2.05, 4.69) is 5.32 Å². The van der Waals surface area contributed by atoms with Crippen molar-refractivity contribution in [2.45, 2.75) is 25.7 Å². The summed E-state index contributed by atoms with van der Waals surface area (Å²) >= 11 is 0. The number of nitrogens with one attached hydrogen (secondary N) is 1. The number of carbonyl (C=O) groups excluding carboxylic acids is 2. The van der Waals surface area contributed by atoms with Gasteiger partial charge in [-0.3, -0.25) is 9.59 Å². The zero-order valence-corrected chi connectivity index (χ0v) is 18.4. The van der Waals surface area contributed by atoms with Gasteiger partial charge in [-0.05, 0) is 43.9 Å². The van der Waals surface area contributed by atoms with Crippen LogP contribution in [0.2, 0.25) is 0 Å². The molecule has 164 valence electrons. The third kappa shape index (κ3) is 4.53. The molecule has 0 aromatic heterocycles. The minimum absolute atomic E-state index is 0.000907. The Labute approximate surface area is 183 Å². The molecule has 4 rings (SSSR count). The van der Waals surface area contributed by atoms with Gasteiger partial charge in [0.25, 0.3) is 5.91 Å². The average Bonchev–Trinajstić information content (AvgIpc) is 3.52. The fourth-order valence-corrected chi connectivity index (χ4v) is 4.33. The van der Waals surface area contributed by atoms with Crippen molar-refractivity contribution in [2.75, 3.05) is 33.9 Å². The van der Waals surface area contributed by atoms with E-state index in [1.165, 1.54) is 12.8 Å². The van der Waals surface area contributed by atoms with Gasteiger partial charge in [-0.15, -0.1) is 0 Å². The van der Waals surface area contributed by atoms with Crippen molar-refractivity contribution in [1.29, 1.82) is 0 Å². The topological polar surface area (TPSA) is 67.9 Å². The van der Waals surface area contributed by atoms with Crippen LogP contribution in [0.25, 0.3) is 0 Å². The molecule has 1 heterocycles. The van der Waals surface area contributed by atoms with Crippen LogP contribution >= 0.6 is 0 Å². The number of hydrogen-bond acceptors (Lipinski definition) is 4. The number of hydrogen-bond donors (Lipinski definition) is 1. The van der Waals surface area contributed by atoms with Crippen molar-refractivity contribution >= 4 is 11.8 Å². The van der Waals surface area contributed by atoms with Crippen LogP contribution in [0.3, 0.4) is 0 Å². The summed E-state index contributed by atoms with van der Waals surface area (Å²) in [7, 11) is 3.21. The van der Waals surface area contributed by atoms with E-state index in [4.69, 9.17) is 9.47 Å². The quantitative estimate of drug-likeness (QED) is 0.743. The Bertz CT molecular complexity index is 952. The number of amides is 2. The smallest absolute Gasteiger partial charge is 0.253 e. The molecule has 2 fully saturated rings. The van der Waals surface area contributed by atoms with Crippen molar-refractivity contribution in [2.24, 2.45) is 11.8 Å². The summed E-state index contributed by atoms with van der Waals surface area (Å²) in [6.07, 6.45) is 2.35. The van der Waals surface area contributed by atoms with Crippen LogP contribution in [0.5, 0.6) is 11.5 Å². The number of ether oxygens (including phenoxy) is 2. The Morgan fingerprint density at radius 3 is 2.42 bits per heavy atom. The maximum absolute atomic E-state index is 13.2. The van der Waals surface area contributed by atoms with Crippen molar-refractivity contribution in [3.05, 3.63) is 59.2 Å². The largest absolute Gasteiger partial charge is 0.493 e. The van der Waals surface area contributed by atoms with E-state index in [9.17, 15) is 9.59 Å². The van der Waals surface area contributed by atoms with Crippen LogP contribution in [0.4, 0.5) is 0 Å². The molecule has 1 aliphatic heterocycles. The van der Waals surface area contributed by atoms with Gasteiger partial charge in [0.2, 0.25) is 5.91 Å². The van der Waals surface area contributed by atoms with Crippen LogP contribution in [0, 0.1) is 18.8 Å². The van der Waals surface area contributed by atoms with Crippen molar-refractivity contribution in [3.8, 4) is 11.5 Å². The van der Waals surface area contributed by atoms with E-state index in [0.29, 0.717) is 42.6 Å². The summed E-state index contributed by atoms with van der Waals surface area (Å²) in [6, 6.07) is 13.3. The molecule has 1 N–H and O–H groups in total. The van der Waals surface area contributed by atoms with Crippen molar-refractivity contribution in [3.63, 3.8) is 0 Å². The van der Waals surface area contributed by atoms with Gasteiger partial charge in [-0.25, -0.2) is 0 Å². The summed E-state index contributed by atoms with van der Waals surface area (Å²) in [5.41, 5.74) is 2.64. The number of methoxy groups -OCH3 is 2. The number of para-hydroxylation sites is 1. The van der Waals surface area contributed by atoms with E-state index in [-0.39, 0.29) is 23.7 Å².